The molecule has 1 heterocycles. The number of nitrogens with zero attached hydrogens (tertiary/aromatic N) is 2. The zero-order chi connectivity index (χ0) is 11.4. The quantitative estimate of drug-likeness (QED) is 0.815. The van der Waals surface area contributed by atoms with Gasteiger partial charge in [-0.25, -0.2) is 14.8 Å². The molecule has 0 atom stereocenters. The SMILES string of the molecule is O=C(O)c1nccc(NC2CCCCC2)n1. The monoisotopic (exact) mass is 221 g/mol. The Kier molecular flexibility index (Phi) is 3.34. The van der Waals surface area contributed by atoms with E-state index in [1.165, 1.54) is 25.5 Å². The van der Waals surface area contributed by atoms with Crippen molar-refractivity contribution in [1.82, 2.24) is 9.97 Å². The fourth-order valence-corrected chi connectivity index (χ4v) is 2.00. The first-order valence-electron chi connectivity index (χ1n) is 5.58. The molecule has 1 aromatic rings. The van der Waals surface area contributed by atoms with Crippen molar-refractivity contribution in [3.05, 3.63) is 18.1 Å². The second kappa shape index (κ2) is 4.92. The van der Waals surface area contributed by atoms with Gasteiger partial charge in [0.2, 0.25) is 5.82 Å². The normalized spacial score (nSPS) is 17.0. The topological polar surface area (TPSA) is 75.1 Å². The van der Waals surface area contributed by atoms with Gasteiger partial charge in [0.1, 0.15) is 5.82 Å². The average molecular weight is 221 g/mol. The lowest BCUT2D eigenvalue weighted by Crippen LogP contribution is -2.23. The highest BCUT2D eigenvalue weighted by atomic mass is 16.4. The number of anilines is 1. The molecule has 1 aliphatic carbocycles. The Balaban J connectivity index is 2.02. The van der Waals surface area contributed by atoms with E-state index >= 15 is 0 Å². The summed E-state index contributed by atoms with van der Waals surface area (Å²) < 4.78 is 0. The van der Waals surface area contributed by atoms with Crippen molar-refractivity contribution in [1.29, 1.82) is 0 Å². The molecule has 0 bridgehead atoms. The molecule has 1 saturated carbocycles. The van der Waals surface area contributed by atoms with Gasteiger partial charge in [0.25, 0.3) is 0 Å². The molecule has 0 amide bonds. The zero-order valence-corrected chi connectivity index (χ0v) is 9.02. The molecule has 1 aromatic heterocycles. The van der Waals surface area contributed by atoms with Crippen LogP contribution in [-0.4, -0.2) is 27.1 Å². The number of hydrogen-bond acceptors (Lipinski definition) is 4. The number of aromatic carboxylic acids is 1. The molecule has 0 unspecified atom stereocenters. The first-order chi connectivity index (χ1) is 7.75. The minimum absolute atomic E-state index is 0.152. The maximum Gasteiger partial charge on any atom is 0.374 e. The Morgan fingerprint density at radius 3 is 2.81 bits per heavy atom. The summed E-state index contributed by atoms with van der Waals surface area (Å²) in [5.41, 5.74) is 0. The maximum absolute atomic E-state index is 10.7. The van der Waals surface area contributed by atoms with Crippen LogP contribution in [0.3, 0.4) is 0 Å². The van der Waals surface area contributed by atoms with E-state index < -0.39 is 5.97 Å². The number of nitrogens with one attached hydrogen (secondary N) is 1. The van der Waals surface area contributed by atoms with Gasteiger partial charge in [-0.15, -0.1) is 0 Å². The largest absolute Gasteiger partial charge is 0.475 e. The summed E-state index contributed by atoms with van der Waals surface area (Å²) in [4.78, 5) is 18.3. The lowest BCUT2D eigenvalue weighted by Gasteiger charge is -2.23. The zero-order valence-electron chi connectivity index (χ0n) is 9.02. The molecule has 86 valence electrons. The molecule has 5 nitrogen and oxygen atoms in total. The molecular formula is C11H15N3O2. The standard InChI is InChI=1S/C11H15N3O2/c15-11(16)10-12-7-6-9(14-10)13-8-4-2-1-3-5-8/h6-8H,1-5H2,(H,15,16)(H,12,13,14). The van der Waals surface area contributed by atoms with Crippen molar-refractivity contribution in [3.63, 3.8) is 0 Å². The molecule has 0 aromatic carbocycles. The summed E-state index contributed by atoms with van der Waals surface area (Å²) in [6.07, 6.45) is 7.49. The Morgan fingerprint density at radius 1 is 1.38 bits per heavy atom. The number of carbonyl (C=O) groups is 1. The highest BCUT2D eigenvalue weighted by Gasteiger charge is 2.14. The van der Waals surface area contributed by atoms with Crippen LogP contribution in [0.5, 0.6) is 0 Å². The molecule has 1 aliphatic rings. The van der Waals surface area contributed by atoms with Crippen molar-refractivity contribution >= 4 is 11.8 Å². The summed E-state index contributed by atoms with van der Waals surface area (Å²) in [7, 11) is 0. The van der Waals surface area contributed by atoms with Gasteiger partial charge in [0.05, 0.1) is 0 Å². The predicted molar refractivity (Wildman–Crippen MR) is 59.5 cm³/mol. The van der Waals surface area contributed by atoms with E-state index in [1.54, 1.807) is 6.07 Å². The van der Waals surface area contributed by atoms with Gasteiger partial charge in [-0.3, -0.25) is 0 Å². The van der Waals surface area contributed by atoms with E-state index in [0.717, 1.165) is 12.8 Å². The van der Waals surface area contributed by atoms with Gasteiger partial charge in [-0.05, 0) is 18.9 Å². The lowest BCUT2D eigenvalue weighted by atomic mass is 9.95. The van der Waals surface area contributed by atoms with Gasteiger partial charge in [0, 0.05) is 12.2 Å². The van der Waals surface area contributed by atoms with E-state index in [4.69, 9.17) is 5.11 Å². The summed E-state index contributed by atoms with van der Waals surface area (Å²) in [6, 6.07) is 2.13. The highest BCUT2D eigenvalue weighted by molar-refractivity contribution is 5.83. The molecule has 0 spiro atoms. The third-order valence-corrected chi connectivity index (χ3v) is 2.80. The van der Waals surface area contributed by atoms with Crippen LogP contribution < -0.4 is 5.32 Å². The predicted octanol–water partition coefficient (Wildman–Crippen LogP) is 1.92. The third-order valence-electron chi connectivity index (χ3n) is 2.80. The number of rotatable bonds is 3. The molecule has 0 aliphatic heterocycles. The summed E-state index contributed by atoms with van der Waals surface area (Å²) in [5.74, 6) is -0.632. The van der Waals surface area contributed by atoms with E-state index in [9.17, 15) is 4.79 Å². The van der Waals surface area contributed by atoms with Crippen molar-refractivity contribution in [3.8, 4) is 0 Å². The number of hydrogen-bond donors (Lipinski definition) is 2. The maximum atomic E-state index is 10.7. The summed E-state index contributed by atoms with van der Waals surface area (Å²) in [5, 5.41) is 12.0. The average Bonchev–Trinajstić information content (AvgIpc) is 2.30. The van der Waals surface area contributed by atoms with E-state index in [1.807, 2.05) is 0 Å². The van der Waals surface area contributed by atoms with Crippen LogP contribution >= 0.6 is 0 Å². The first kappa shape index (κ1) is 10.9. The summed E-state index contributed by atoms with van der Waals surface area (Å²) in [6.45, 7) is 0. The number of aromatic nitrogens is 2. The van der Waals surface area contributed by atoms with Gasteiger partial charge in [0.15, 0.2) is 0 Å². The van der Waals surface area contributed by atoms with Crippen molar-refractivity contribution in [2.24, 2.45) is 0 Å². The van der Waals surface area contributed by atoms with E-state index in [2.05, 4.69) is 15.3 Å². The second-order valence-electron chi connectivity index (χ2n) is 4.05. The molecule has 0 saturated heterocycles. The fourth-order valence-electron chi connectivity index (χ4n) is 2.00. The van der Waals surface area contributed by atoms with Crippen LogP contribution in [0.1, 0.15) is 42.7 Å². The lowest BCUT2D eigenvalue weighted by molar-refractivity contribution is 0.0683. The Bertz CT molecular complexity index is 375. The van der Waals surface area contributed by atoms with Crippen LogP contribution in [0, 0.1) is 0 Å². The molecule has 2 N–H and O–H groups in total. The van der Waals surface area contributed by atoms with Gasteiger partial charge in [-0.1, -0.05) is 19.3 Å². The van der Waals surface area contributed by atoms with E-state index in [-0.39, 0.29) is 5.82 Å². The number of carboxylic acids is 1. The van der Waals surface area contributed by atoms with Crippen LogP contribution in [0.4, 0.5) is 5.82 Å². The minimum atomic E-state index is -1.09. The van der Waals surface area contributed by atoms with Gasteiger partial charge in [-0.2, -0.15) is 0 Å². The molecule has 16 heavy (non-hydrogen) atoms. The van der Waals surface area contributed by atoms with E-state index in [0.29, 0.717) is 11.9 Å². The smallest absolute Gasteiger partial charge is 0.374 e. The molecule has 1 fully saturated rings. The fraction of sp³-hybridized carbons (Fsp3) is 0.545. The van der Waals surface area contributed by atoms with Crippen molar-refractivity contribution in [2.75, 3.05) is 5.32 Å². The van der Waals surface area contributed by atoms with Crippen molar-refractivity contribution in [2.45, 2.75) is 38.1 Å². The molecule has 0 radical (unpaired) electrons. The highest BCUT2D eigenvalue weighted by Crippen LogP contribution is 2.20. The van der Waals surface area contributed by atoms with Crippen LogP contribution in [-0.2, 0) is 0 Å². The minimum Gasteiger partial charge on any atom is -0.475 e. The van der Waals surface area contributed by atoms with Gasteiger partial charge < -0.3 is 10.4 Å². The van der Waals surface area contributed by atoms with Crippen molar-refractivity contribution < 1.29 is 9.90 Å². The third kappa shape index (κ3) is 2.68. The van der Waals surface area contributed by atoms with Crippen LogP contribution in [0.2, 0.25) is 0 Å². The molecule has 2 rings (SSSR count). The molecular weight excluding hydrogens is 206 g/mol. The first-order valence-corrected chi connectivity index (χ1v) is 5.58. The van der Waals surface area contributed by atoms with Gasteiger partial charge >= 0.3 is 5.97 Å². The summed E-state index contributed by atoms with van der Waals surface area (Å²) >= 11 is 0. The number of carboxylic acid groups (broad SMARTS) is 1. The molecule has 5 heteroatoms. The van der Waals surface area contributed by atoms with Crippen LogP contribution in [0.15, 0.2) is 12.3 Å². The Labute approximate surface area is 93.9 Å². The Hall–Kier alpha value is -1.65. The van der Waals surface area contributed by atoms with Crippen LogP contribution in [0.25, 0.3) is 0 Å². The second-order valence-corrected chi connectivity index (χ2v) is 4.05. The Morgan fingerprint density at radius 2 is 2.12 bits per heavy atom.